The average Bonchev–Trinajstić information content (AvgIpc) is 3.13. The van der Waals surface area contributed by atoms with Crippen molar-refractivity contribution in [2.75, 3.05) is 23.4 Å². The number of rotatable bonds is 5. The van der Waals surface area contributed by atoms with Gasteiger partial charge < -0.3 is 4.90 Å². The first-order valence-corrected chi connectivity index (χ1v) is 8.48. The van der Waals surface area contributed by atoms with Crippen LogP contribution in [0.25, 0.3) is 0 Å². The Morgan fingerprint density at radius 3 is 2.62 bits per heavy atom. The summed E-state index contributed by atoms with van der Waals surface area (Å²) in [6, 6.07) is 4.39. The molecule has 3 rings (SSSR count). The zero-order chi connectivity index (χ0) is 18.7. The number of hydrazine groups is 1. The lowest BCUT2D eigenvalue weighted by Crippen LogP contribution is -2.31. The lowest BCUT2D eigenvalue weighted by atomic mass is 10.2. The minimum atomic E-state index is -0.581. The summed E-state index contributed by atoms with van der Waals surface area (Å²) in [5, 5.41) is 12.1. The third kappa shape index (κ3) is 3.78. The van der Waals surface area contributed by atoms with E-state index in [-0.39, 0.29) is 27.9 Å². The van der Waals surface area contributed by atoms with Gasteiger partial charge in [0.15, 0.2) is 0 Å². The number of aromatic nitrogens is 2. The van der Waals surface area contributed by atoms with E-state index in [1.54, 1.807) is 0 Å². The highest BCUT2D eigenvalue weighted by Crippen LogP contribution is 2.33. The summed E-state index contributed by atoms with van der Waals surface area (Å²) in [7, 11) is 0. The van der Waals surface area contributed by atoms with E-state index in [0.29, 0.717) is 18.1 Å². The summed E-state index contributed by atoms with van der Waals surface area (Å²) >= 11 is 11.8. The minimum absolute atomic E-state index is 0.106. The number of hydrogen-bond acceptors (Lipinski definition) is 7. The second kappa shape index (κ2) is 7.71. The average molecular weight is 397 g/mol. The first-order chi connectivity index (χ1) is 12.5. The molecule has 0 bridgehead atoms. The van der Waals surface area contributed by atoms with Crippen LogP contribution in [-0.2, 0) is 0 Å². The fraction of sp³-hybridized carbons (Fsp3) is 0.267. The van der Waals surface area contributed by atoms with Crippen molar-refractivity contribution in [3.63, 3.8) is 0 Å². The van der Waals surface area contributed by atoms with Crippen LogP contribution in [0.1, 0.15) is 23.2 Å². The van der Waals surface area contributed by atoms with Crippen LogP contribution in [0.5, 0.6) is 0 Å². The number of amides is 1. The number of nitrogens with zero attached hydrogens (tertiary/aromatic N) is 4. The summed E-state index contributed by atoms with van der Waals surface area (Å²) < 4.78 is 0. The number of halogens is 2. The van der Waals surface area contributed by atoms with E-state index < -0.39 is 10.8 Å². The largest absolute Gasteiger partial charge is 0.355 e. The molecule has 1 fully saturated rings. The summed E-state index contributed by atoms with van der Waals surface area (Å²) in [4.78, 5) is 32.9. The van der Waals surface area contributed by atoms with Crippen LogP contribution >= 0.6 is 23.2 Å². The van der Waals surface area contributed by atoms with Crippen molar-refractivity contribution in [2.24, 2.45) is 0 Å². The number of benzene rings is 1. The van der Waals surface area contributed by atoms with E-state index in [1.165, 1.54) is 24.5 Å². The fourth-order valence-corrected chi connectivity index (χ4v) is 3.14. The molecule has 0 spiro atoms. The van der Waals surface area contributed by atoms with Crippen LogP contribution in [0.4, 0.5) is 17.3 Å². The monoisotopic (exact) mass is 396 g/mol. The van der Waals surface area contributed by atoms with E-state index in [1.807, 2.05) is 4.90 Å². The minimum Gasteiger partial charge on any atom is -0.351 e. The van der Waals surface area contributed by atoms with Crippen molar-refractivity contribution in [1.29, 1.82) is 0 Å². The molecule has 1 saturated heterocycles. The first kappa shape index (κ1) is 18.2. The first-order valence-electron chi connectivity index (χ1n) is 7.73. The lowest BCUT2D eigenvalue weighted by molar-refractivity contribution is -0.383. The van der Waals surface area contributed by atoms with Crippen molar-refractivity contribution in [3.8, 4) is 0 Å². The maximum absolute atomic E-state index is 12.2. The molecule has 1 aliphatic rings. The van der Waals surface area contributed by atoms with E-state index in [0.717, 1.165) is 12.8 Å². The van der Waals surface area contributed by atoms with Crippen molar-refractivity contribution in [2.45, 2.75) is 12.8 Å². The molecule has 9 nitrogen and oxygen atoms in total. The zero-order valence-corrected chi connectivity index (χ0v) is 14.9. The third-order valence-corrected chi connectivity index (χ3v) is 4.41. The van der Waals surface area contributed by atoms with E-state index in [4.69, 9.17) is 23.2 Å². The third-order valence-electron chi connectivity index (χ3n) is 3.86. The van der Waals surface area contributed by atoms with E-state index in [2.05, 4.69) is 20.8 Å². The lowest BCUT2D eigenvalue weighted by Gasteiger charge is -2.17. The Morgan fingerprint density at radius 2 is 1.96 bits per heavy atom. The molecule has 11 heteroatoms. The van der Waals surface area contributed by atoms with Crippen LogP contribution in [0.3, 0.4) is 0 Å². The number of hydrogen-bond donors (Lipinski definition) is 2. The van der Waals surface area contributed by atoms with Gasteiger partial charge in [0.05, 0.1) is 15.5 Å². The molecule has 0 atom stereocenters. The highest BCUT2D eigenvalue weighted by Gasteiger charge is 2.28. The van der Waals surface area contributed by atoms with Gasteiger partial charge in [0.25, 0.3) is 5.91 Å². The number of nitro groups is 1. The van der Waals surface area contributed by atoms with Crippen LogP contribution in [0.15, 0.2) is 24.5 Å². The zero-order valence-electron chi connectivity index (χ0n) is 13.4. The molecule has 0 radical (unpaired) electrons. The van der Waals surface area contributed by atoms with E-state index in [9.17, 15) is 14.9 Å². The highest BCUT2D eigenvalue weighted by atomic mass is 35.5. The molecule has 1 aliphatic heterocycles. The van der Waals surface area contributed by atoms with Crippen molar-refractivity contribution < 1.29 is 9.72 Å². The molecule has 1 aromatic heterocycles. The Bertz CT molecular complexity index is 857. The van der Waals surface area contributed by atoms with Crippen LogP contribution < -0.4 is 15.8 Å². The molecule has 2 N–H and O–H groups in total. The van der Waals surface area contributed by atoms with Crippen molar-refractivity contribution in [1.82, 2.24) is 15.4 Å². The molecule has 0 unspecified atom stereocenters. The van der Waals surface area contributed by atoms with Crippen molar-refractivity contribution in [3.05, 3.63) is 50.2 Å². The van der Waals surface area contributed by atoms with Gasteiger partial charge in [-0.1, -0.05) is 23.2 Å². The smallest absolute Gasteiger partial charge is 0.351 e. The van der Waals surface area contributed by atoms with Gasteiger partial charge >= 0.3 is 5.69 Å². The second-order valence-electron chi connectivity index (χ2n) is 5.55. The van der Waals surface area contributed by atoms with Crippen LogP contribution in [-0.4, -0.2) is 33.9 Å². The van der Waals surface area contributed by atoms with Gasteiger partial charge in [-0.15, -0.1) is 0 Å². The molecular weight excluding hydrogens is 383 g/mol. The van der Waals surface area contributed by atoms with Crippen LogP contribution in [0, 0.1) is 10.1 Å². The normalized spacial score (nSPS) is 13.5. The Labute approximate surface area is 158 Å². The van der Waals surface area contributed by atoms with Crippen LogP contribution in [0.2, 0.25) is 10.0 Å². The summed E-state index contributed by atoms with van der Waals surface area (Å²) in [6.07, 6.45) is 3.09. The molecule has 2 heterocycles. The predicted molar refractivity (Wildman–Crippen MR) is 97.7 cm³/mol. The maximum Gasteiger partial charge on any atom is 0.355 e. The molecule has 136 valence electrons. The molecule has 1 aromatic carbocycles. The second-order valence-corrected chi connectivity index (χ2v) is 6.39. The Morgan fingerprint density at radius 1 is 1.23 bits per heavy atom. The Hall–Kier alpha value is -2.65. The molecule has 1 amide bonds. The van der Waals surface area contributed by atoms with Gasteiger partial charge in [-0.2, -0.15) is 0 Å². The van der Waals surface area contributed by atoms with Gasteiger partial charge in [-0.3, -0.25) is 25.8 Å². The Balaban J connectivity index is 1.82. The predicted octanol–water partition coefficient (Wildman–Crippen LogP) is 3.05. The summed E-state index contributed by atoms with van der Waals surface area (Å²) in [5.41, 5.74) is 4.72. The van der Waals surface area contributed by atoms with E-state index >= 15 is 0 Å². The number of carbonyl (C=O) groups excluding carboxylic acids is 1. The highest BCUT2D eigenvalue weighted by molar-refractivity contribution is 6.36. The van der Waals surface area contributed by atoms with Gasteiger partial charge in [0.2, 0.25) is 11.6 Å². The standard InChI is InChI=1S/C15H14Cl2N6O3/c16-9-3-4-10(11(17)7-9)15(24)21-20-13-12(23(25)26)14(19-8-18-13)22-5-1-2-6-22/h3-4,7-8H,1-2,5-6H2,(H,21,24)(H,18,19,20). The van der Waals surface area contributed by atoms with Crippen molar-refractivity contribution >= 4 is 46.4 Å². The van der Waals surface area contributed by atoms with Gasteiger partial charge in [0, 0.05) is 18.1 Å². The summed E-state index contributed by atoms with van der Waals surface area (Å²) in [6.45, 7) is 1.37. The fourth-order valence-electron chi connectivity index (χ4n) is 2.65. The quantitative estimate of drug-likeness (QED) is 0.589. The SMILES string of the molecule is O=C(NNc1ncnc(N2CCCC2)c1[N+](=O)[O-])c1ccc(Cl)cc1Cl. The summed E-state index contributed by atoms with van der Waals surface area (Å²) in [5.74, 6) is -0.462. The maximum atomic E-state index is 12.2. The van der Waals surface area contributed by atoms with Gasteiger partial charge in [0.1, 0.15) is 6.33 Å². The molecule has 26 heavy (non-hydrogen) atoms. The topological polar surface area (TPSA) is 113 Å². The molecule has 0 saturated carbocycles. The van der Waals surface area contributed by atoms with Gasteiger partial charge in [-0.25, -0.2) is 9.97 Å². The van der Waals surface area contributed by atoms with Gasteiger partial charge in [-0.05, 0) is 31.0 Å². The molecule has 2 aromatic rings. The molecule has 0 aliphatic carbocycles. The molecular formula is C15H14Cl2N6O3. The number of anilines is 2. The number of nitrogens with one attached hydrogen (secondary N) is 2. The number of carbonyl (C=O) groups is 1. The Kier molecular flexibility index (Phi) is 5.38.